The first-order chi connectivity index (χ1) is 9.09. The molecule has 1 saturated heterocycles. The largest absolute Gasteiger partial charge is 0.494 e. The molecule has 0 amide bonds. The Bertz CT molecular complexity index is 458. The lowest BCUT2D eigenvalue weighted by Gasteiger charge is -2.32. The number of hydrogen-bond donors (Lipinski definition) is 0. The van der Waals surface area contributed by atoms with Crippen LogP contribution in [0.3, 0.4) is 0 Å². The molecule has 1 aromatic rings. The lowest BCUT2D eigenvalue weighted by Crippen LogP contribution is -2.41. The maximum absolute atomic E-state index is 6.08. The highest BCUT2D eigenvalue weighted by Gasteiger charge is 2.51. The lowest BCUT2D eigenvalue weighted by molar-refractivity contribution is 0.00578. The Hall–Kier alpha value is -0.795. The first-order valence-electron chi connectivity index (χ1n) is 7.55. The summed E-state index contributed by atoms with van der Waals surface area (Å²) in [5, 5.41) is 0. The second-order valence-corrected chi connectivity index (χ2v) is 7.45. The fraction of sp³-hybridized carbons (Fsp3) is 0.647. The fourth-order valence-corrected chi connectivity index (χ4v) is 2.27. The van der Waals surface area contributed by atoms with Gasteiger partial charge in [0.05, 0.1) is 11.2 Å². The van der Waals surface area contributed by atoms with Crippen LogP contribution in [0.1, 0.15) is 60.5 Å². The fourth-order valence-electron chi connectivity index (χ4n) is 2.27. The Balaban J connectivity index is 2.21. The predicted molar refractivity (Wildman–Crippen MR) is 85.5 cm³/mol. The van der Waals surface area contributed by atoms with Gasteiger partial charge >= 0.3 is 7.12 Å². The molecule has 0 atom stereocenters. The Labute approximate surface area is 124 Å². The van der Waals surface area contributed by atoms with Crippen molar-refractivity contribution in [3.63, 3.8) is 0 Å². The van der Waals surface area contributed by atoms with Crippen LogP contribution in [0.5, 0.6) is 0 Å². The van der Waals surface area contributed by atoms with E-state index in [0.29, 0.717) is 0 Å². The van der Waals surface area contributed by atoms with E-state index in [1.165, 1.54) is 5.56 Å². The maximum Gasteiger partial charge on any atom is 0.494 e. The molecule has 1 aromatic carbocycles. The van der Waals surface area contributed by atoms with E-state index >= 15 is 0 Å². The van der Waals surface area contributed by atoms with Crippen molar-refractivity contribution in [2.24, 2.45) is 0 Å². The van der Waals surface area contributed by atoms with Crippen LogP contribution in [0.15, 0.2) is 24.3 Å². The van der Waals surface area contributed by atoms with E-state index in [1.54, 1.807) is 0 Å². The SMILES string of the molecule is CCC(C)(C)c1ccc(B2OC(C)(C)C(C)(C)O2)cc1. The minimum atomic E-state index is -0.279. The molecule has 1 aliphatic rings. The number of hydrogen-bond acceptors (Lipinski definition) is 2. The third kappa shape index (κ3) is 2.66. The van der Waals surface area contributed by atoms with Gasteiger partial charge in [0.2, 0.25) is 0 Å². The van der Waals surface area contributed by atoms with Crippen LogP contribution in [0.4, 0.5) is 0 Å². The molecule has 0 aromatic heterocycles. The summed E-state index contributed by atoms with van der Waals surface area (Å²) < 4.78 is 12.2. The van der Waals surface area contributed by atoms with Crippen LogP contribution < -0.4 is 5.46 Å². The van der Waals surface area contributed by atoms with Crippen molar-refractivity contribution in [2.75, 3.05) is 0 Å². The van der Waals surface area contributed by atoms with Gasteiger partial charge in [0.15, 0.2) is 0 Å². The molecule has 20 heavy (non-hydrogen) atoms. The van der Waals surface area contributed by atoms with Crippen molar-refractivity contribution < 1.29 is 9.31 Å². The average molecular weight is 274 g/mol. The Morgan fingerprint density at radius 1 is 0.950 bits per heavy atom. The normalized spacial score (nSPS) is 21.2. The van der Waals surface area contributed by atoms with E-state index in [9.17, 15) is 0 Å². The van der Waals surface area contributed by atoms with Crippen LogP contribution in [0.25, 0.3) is 0 Å². The summed E-state index contributed by atoms with van der Waals surface area (Å²) in [5.74, 6) is 0. The number of benzene rings is 1. The molecule has 110 valence electrons. The quantitative estimate of drug-likeness (QED) is 0.783. The molecule has 0 N–H and O–H groups in total. The molecular formula is C17H27BO2. The summed E-state index contributed by atoms with van der Waals surface area (Å²) in [4.78, 5) is 0. The molecule has 1 heterocycles. The Kier molecular flexibility index (Phi) is 3.81. The van der Waals surface area contributed by atoms with Crippen molar-refractivity contribution in [2.45, 2.75) is 71.5 Å². The van der Waals surface area contributed by atoms with Crippen LogP contribution >= 0.6 is 0 Å². The van der Waals surface area contributed by atoms with Gasteiger partial charge in [-0.05, 0) is 50.6 Å². The lowest BCUT2D eigenvalue weighted by atomic mass is 9.76. The second-order valence-electron chi connectivity index (χ2n) is 7.45. The van der Waals surface area contributed by atoms with Gasteiger partial charge in [0, 0.05) is 0 Å². The summed E-state index contributed by atoms with van der Waals surface area (Å²) in [6.45, 7) is 15.1. The summed E-state index contributed by atoms with van der Waals surface area (Å²) in [7, 11) is -0.265. The third-order valence-electron chi connectivity index (χ3n) is 5.10. The predicted octanol–water partition coefficient (Wildman–Crippen LogP) is 3.67. The first-order valence-corrected chi connectivity index (χ1v) is 7.55. The average Bonchev–Trinajstić information content (AvgIpc) is 2.59. The van der Waals surface area contributed by atoms with Crippen LogP contribution in [-0.4, -0.2) is 18.3 Å². The molecule has 0 unspecified atom stereocenters. The van der Waals surface area contributed by atoms with E-state index in [0.717, 1.165) is 11.9 Å². The molecule has 0 saturated carbocycles. The van der Waals surface area contributed by atoms with Crippen molar-refractivity contribution >= 4 is 12.6 Å². The summed E-state index contributed by atoms with van der Waals surface area (Å²) in [6.07, 6.45) is 1.13. The van der Waals surface area contributed by atoms with Crippen molar-refractivity contribution in [1.82, 2.24) is 0 Å². The van der Waals surface area contributed by atoms with Gasteiger partial charge in [-0.1, -0.05) is 45.0 Å². The summed E-state index contributed by atoms with van der Waals surface area (Å²) in [5.41, 5.74) is 2.12. The highest BCUT2D eigenvalue weighted by molar-refractivity contribution is 6.62. The molecule has 3 heteroatoms. The highest BCUT2D eigenvalue weighted by atomic mass is 16.7. The van der Waals surface area contributed by atoms with Gasteiger partial charge in [0.25, 0.3) is 0 Å². The topological polar surface area (TPSA) is 18.5 Å². The molecule has 0 radical (unpaired) electrons. The van der Waals surface area contributed by atoms with Crippen LogP contribution in [0.2, 0.25) is 0 Å². The van der Waals surface area contributed by atoms with Gasteiger partial charge in [0.1, 0.15) is 0 Å². The molecular weight excluding hydrogens is 247 g/mol. The van der Waals surface area contributed by atoms with Gasteiger partial charge in [-0.2, -0.15) is 0 Å². The van der Waals surface area contributed by atoms with E-state index in [1.807, 2.05) is 0 Å². The monoisotopic (exact) mass is 274 g/mol. The van der Waals surface area contributed by atoms with E-state index in [-0.39, 0.29) is 23.7 Å². The zero-order valence-corrected chi connectivity index (χ0v) is 13.9. The third-order valence-corrected chi connectivity index (χ3v) is 5.10. The van der Waals surface area contributed by atoms with Crippen molar-refractivity contribution in [3.8, 4) is 0 Å². The maximum atomic E-state index is 6.08. The first kappa shape index (κ1) is 15.6. The minimum absolute atomic E-state index is 0.217. The molecule has 1 fully saturated rings. The molecule has 2 nitrogen and oxygen atoms in total. The standard InChI is InChI=1S/C17H27BO2/c1-8-15(2,3)13-9-11-14(12-10-13)18-19-16(4,5)17(6,7)20-18/h9-12H,8H2,1-7H3. The summed E-state index contributed by atoms with van der Waals surface area (Å²) >= 11 is 0. The zero-order valence-electron chi connectivity index (χ0n) is 13.9. The zero-order chi connectivity index (χ0) is 15.2. The molecule has 0 spiro atoms. The van der Waals surface area contributed by atoms with E-state index in [2.05, 4.69) is 72.7 Å². The molecule has 0 aliphatic carbocycles. The smallest absolute Gasteiger partial charge is 0.399 e. The van der Waals surface area contributed by atoms with Gasteiger partial charge in [-0.15, -0.1) is 0 Å². The number of rotatable bonds is 3. The van der Waals surface area contributed by atoms with Gasteiger partial charge in [-0.25, -0.2) is 0 Å². The van der Waals surface area contributed by atoms with Gasteiger partial charge in [-0.3, -0.25) is 0 Å². The molecule has 2 rings (SSSR count). The van der Waals surface area contributed by atoms with Gasteiger partial charge < -0.3 is 9.31 Å². The second kappa shape index (κ2) is 4.89. The Morgan fingerprint density at radius 2 is 1.40 bits per heavy atom. The molecule has 0 bridgehead atoms. The van der Waals surface area contributed by atoms with E-state index < -0.39 is 0 Å². The minimum Gasteiger partial charge on any atom is -0.399 e. The highest BCUT2D eigenvalue weighted by Crippen LogP contribution is 2.36. The summed E-state index contributed by atoms with van der Waals surface area (Å²) in [6, 6.07) is 8.66. The van der Waals surface area contributed by atoms with Crippen LogP contribution in [0, 0.1) is 0 Å². The molecule has 1 aliphatic heterocycles. The van der Waals surface area contributed by atoms with Crippen molar-refractivity contribution in [3.05, 3.63) is 29.8 Å². The van der Waals surface area contributed by atoms with E-state index in [4.69, 9.17) is 9.31 Å². The Morgan fingerprint density at radius 3 is 1.80 bits per heavy atom. The van der Waals surface area contributed by atoms with Crippen molar-refractivity contribution in [1.29, 1.82) is 0 Å². The van der Waals surface area contributed by atoms with Crippen LogP contribution in [-0.2, 0) is 14.7 Å².